The van der Waals surface area contributed by atoms with E-state index in [0.29, 0.717) is 13.0 Å². The van der Waals surface area contributed by atoms with E-state index in [-0.39, 0.29) is 5.78 Å². The van der Waals surface area contributed by atoms with Crippen molar-refractivity contribution < 1.29 is 4.79 Å². The van der Waals surface area contributed by atoms with E-state index in [2.05, 4.69) is 10.3 Å². The zero-order valence-corrected chi connectivity index (χ0v) is 10.2. The van der Waals surface area contributed by atoms with Crippen molar-refractivity contribution in [2.75, 3.05) is 6.54 Å². The minimum absolute atomic E-state index is 0.175. The summed E-state index contributed by atoms with van der Waals surface area (Å²) < 4.78 is 0. The summed E-state index contributed by atoms with van der Waals surface area (Å²) in [6.45, 7) is 1.43. The van der Waals surface area contributed by atoms with Gasteiger partial charge in [0.2, 0.25) is 0 Å². The van der Waals surface area contributed by atoms with Gasteiger partial charge in [0.15, 0.2) is 5.78 Å². The molecule has 0 aliphatic rings. The third-order valence-electron chi connectivity index (χ3n) is 2.68. The van der Waals surface area contributed by atoms with Crippen molar-refractivity contribution in [1.29, 1.82) is 0 Å². The Morgan fingerprint density at radius 1 is 1.11 bits per heavy atom. The summed E-state index contributed by atoms with van der Waals surface area (Å²) in [5.41, 5.74) is 1.91. The van der Waals surface area contributed by atoms with Crippen LogP contribution in [0.2, 0.25) is 0 Å². The molecule has 2 aromatic rings. The average molecular weight is 240 g/mol. The molecule has 1 aromatic carbocycles. The van der Waals surface area contributed by atoms with Crippen LogP contribution in [0.25, 0.3) is 0 Å². The third-order valence-corrected chi connectivity index (χ3v) is 2.68. The van der Waals surface area contributed by atoms with Crippen LogP contribution >= 0.6 is 0 Å². The summed E-state index contributed by atoms with van der Waals surface area (Å²) in [6, 6.07) is 13.3. The molecular weight excluding hydrogens is 224 g/mol. The van der Waals surface area contributed by atoms with Gasteiger partial charge < -0.3 is 5.32 Å². The van der Waals surface area contributed by atoms with Crippen LogP contribution in [0.1, 0.15) is 22.3 Å². The van der Waals surface area contributed by atoms with Gasteiger partial charge in [-0.3, -0.25) is 9.78 Å². The molecule has 0 unspecified atom stereocenters. The molecule has 0 saturated carbocycles. The quantitative estimate of drug-likeness (QED) is 0.623. The molecule has 18 heavy (non-hydrogen) atoms. The van der Waals surface area contributed by atoms with Crippen molar-refractivity contribution in [3.63, 3.8) is 0 Å². The highest BCUT2D eigenvalue weighted by atomic mass is 16.1. The van der Waals surface area contributed by atoms with E-state index in [1.165, 1.54) is 0 Å². The van der Waals surface area contributed by atoms with E-state index in [9.17, 15) is 4.79 Å². The zero-order valence-electron chi connectivity index (χ0n) is 10.2. The largest absolute Gasteiger partial charge is 0.312 e. The summed E-state index contributed by atoms with van der Waals surface area (Å²) in [7, 11) is 0. The molecule has 0 aliphatic carbocycles. The van der Waals surface area contributed by atoms with Gasteiger partial charge in [-0.05, 0) is 11.6 Å². The second-order valence-corrected chi connectivity index (χ2v) is 4.08. The van der Waals surface area contributed by atoms with Crippen molar-refractivity contribution >= 4 is 5.78 Å². The monoisotopic (exact) mass is 240 g/mol. The smallest absolute Gasteiger partial charge is 0.164 e. The third kappa shape index (κ3) is 3.79. The number of carbonyl (C=O) groups is 1. The van der Waals surface area contributed by atoms with Crippen LogP contribution in [-0.4, -0.2) is 17.3 Å². The number of hydrogen-bond acceptors (Lipinski definition) is 3. The van der Waals surface area contributed by atoms with Crippen LogP contribution in [0.4, 0.5) is 0 Å². The zero-order chi connectivity index (χ0) is 12.6. The molecule has 2 rings (SSSR count). The number of ketones is 1. The first kappa shape index (κ1) is 12.5. The van der Waals surface area contributed by atoms with Gasteiger partial charge in [0, 0.05) is 37.5 Å². The fourth-order valence-electron chi connectivity index (χ4n) is 1.71. The molecule has 0 amide bonds. The lowest BCUT2D eigenvalue weighted by atomic mass is 10.1. The van der Waals surface area contributed by atoms with Crippen LogP contribution in [0, 0.1) is 0 Å². The van der Waals surface area contributed by atoms with E-state index in [4.69, 9.17) is 0 Å². The fraction of sp³-hybridized carbons (Fsp3) is 0.200. The Kier molecular flexibility index (Phi) is 4.61. The van der Waals surface area contributed by atoms with Gasteiger partial charge in [0.25, 0.3) is 0 Å². The van der Waals surface area contributed by atoms with Gasteiger partial charge in [-0.15, -0.1) is 0 Å². The highest BCUT2D eigenvalue weighted by molar-refractivity contribution is 5.96. The molecule has 1 heterocycles. The Morgan fingerprint density at radius 3 is 2.67 bits per heavy atom. The number of aromatic nitrogens is 1. The minimum Gasteiger partial charge on any atom is -0.312 e. The molecule has 92 valence electrons. The van der Waals surface area contributed by atoms with Crippen LogP contribution < -0.4 is 5.32 Å². The maximum absolute atomic E-state index is 11.8. The lowest BCUT2D eigenvalue weighted by Crippen LogP contribution is -2.18. The van der Waals surface area contributed by atoms with Gasteiger partial charge in [0.05, 0.1) is 0 Å². The molecule has 0 atom stereocenters. The summed E-state index contributed by atoms with van der Waals surface area (Å²) in [5, 5.41) is 3.24. The standard InChI is InChI=1S/C15H16N2O/c18-15(14-6-2-1-3-7-14)8-10-17-12-13-5-4-9-16-11-13/h1-7,9,11,17H,8,10,12H2. The second-order valence-electron chi connectivity index (χ2n) is 4.08. The first-order valence-corrected chi connectivity index (χ1v) is 6.04. The van der Waals surface area contributed by atoms with Crippen molar-refractivity contribution in [3.05, 3.63) is 66.0 Å². The Bertz CT molecular complexity index is 482. The maximum atomic E-state index is 11.8. The Hall–Kier alpha value is -2.00. The summed E-state index contributed by atoms with van der Waals surface area (Å²) in [6.07, 6.45) is 4.10. The number of carbonyl (C=O) groups excluding carboxylic acids is 1. The van der Waals surface area contributed by atoms with E-state index in [1.54, 1.807) is 6.20 Å². The van der Waals surface area contributed by atoms with Crippen molar-refractivity contribution in [1.82, 2.24) is 10.3 Å². The van der Waals surface area contributed by atoms with E-state index >= 15 is 0 Å². The number of pyridine rings is 1. The van der Waals surface area contributed by atoms with Crippen LogP contribution in [-0.2, 0) is 6.54 Å². The molecule has 0 saturated heterocycles. The molecule has 1 aromatic heterocycles. The lowest BCUT2D eigenvalue weighted by molar-refractivity contribution is 0.0982. The molecule has 0 aliphatic heterocycles. The highest BCUT2D eigenvalue weighted by Gasteiger charge is 2.03. The predicted octanol–water partition coefficient (Wildman–Crippen LogP) is 2.44. The van der Waals surface area contributed by atoms with Gasteiger partial charge in [-0.1, -0.05) is 36.4 Å². The minimum atomic E-state index is 0.175. The van der Waals surface area contributed by atoms with Gasteiger partial charge in [-0.2, -0.15) is 0 Å². The first-order valence-electron chi connectivity index (χ1n) is 6.04. The van der Waals surface area contributed by atoms with Crippen molar-refractivity contribution in [3.8, 4) is 0 Å². The summed E-state index contributed by atoms with van der Waals surface area (Å²) >= 11 is 0. The fourth-order valence-corrected chi connectivity index (χ4v) is 1.71. The molecule has 1 N–H and O–H groups in total. The number of nitrogens with one attached hydrogen (secondary N) is 1. The van der Waals surface area contributed by atoms with Gasteiger partial charge in [-0.25, -0.2) is 0 Å². The Morgan fingerprint density at radius 2 is 1.94 bits per heavy atom. The second kappa shape index (κ2) is 6.67. The molecule has 0 fully saturated rings. The molecular formula is C15H16N2O. The van der Waals surface area contributed by atoms with E-state index < -0.39 is 0 Å². The molecule has 0 spiro atoms. The van der Waals surface area contributed by atoms with Gasteiger partial charge >= 0.3 is 0 Å². The number of benzene rings is 1. The van der Waals surface area contributed by atoms with Crippen LogP contribution in [0.3, 0.4) is 0 Å². The number of rotatable bonds is 6. The van der Waals surface area contributed by atoms with Crippen molar-refractivity contribution in [2.24, 2.45) is 0 Å². The molecule has 3 nitrogen and oxygen atoms in total. The number of hydrogen-bond donors (Lipinski definition) is 1. The number of Topliss-reactive ketones (excluding diaryl/α,β-unsaturated/α-hetero) is 1. The Balaban J connectivity index is 1.72. The lowest BCUT2D eigenvalue weighted by Gasteiger charge is -2.04. The van der Waals surface area contributed by atoms with Gasteiger partial charge in [0.1, 0.15) is 0 Å². The molecule has 0 radical (unpaired) electrons. The van der Waals surface area contributed by atoms with Crippen LogP contribution in [0.15, 0.2) is 54.9 Å². The predicted molar refractivity (Wildman–Crippen MR) is 71.3 cm³/mol. The normalized spacial score (nSPS) is 10.2. The Labute approximate surface area is 107 Å². The van der Waals surface area contributed by atoms with E-state index in [1.807, 2.05) is 48.7 Å². The number of nitrogens with zero attached hydrogens (tertiary/aromatic N) is 1. The highest BCUT2D eigenvalue weighted by Crippen LogP contribution is 2.02. The van der Waals surface area contributed by atoms with Crippen LogP contribution in [0.5, 0.6) is 0 Å². The maximum Gasteiger partial charge on any atom is 0.164 e. The molecule has 3 heteroatoms. The summed E-state index contributed by atoms with van der Waals surface area (Å²) in [5.74, 6) is 0.175. The molecule has 0 bridgehead atoms. The van der Waals surface area contributed by atoms with Crippen molar-refractivity contribution in [2.45, 2.75) is 13.0 Å². The first-order chi connectivity index (χ1) is 8.86. The van der Waals surface area contributed by atoms with E-state index in [0.717, 1.165) is 17.7 Å². The summed E-state index contributed by atoms with van der Waals surface area (Å²) in [4.78, 5) is 15.8. The SMILES string of the molecule is O=C(CCNCc1cccnc1)c1ccccc1. The topological polar surface area (TPSA) is 42.0 Å². The average Bonchev–Trinajstić information content (AvgIpc) is 2.45.